The van der Waals surface area contributed by atoms with Crippen molar-refractivity contribution in [1.29, 1.82) is 0 Å². The minimum absolute atomic E-state index is 0.108. The molecule has 6 nitrogen and oxygen atoms in total. The molecule has 0 atom stereocenters. The number of carbonyl (C=O) groups excluding carboxylic acids is 1. The van der Waals surface area contributed by atoms with E-state index in [4.69, 9.17) is 5.73 Å². The number of benzene rings is 2. The van der Waals surface area contributed by atoms with Gasteiger partial charge >= 0.3 is 0 Å². The van der Waals surface area contributed by atoms with Crippen molar-refractivity contribution >= 4 is 16.9 Å². The van der Waals surface area contributed by atoms with Crippen molar-refractivity contribution in [3.05, 3.63) is 59.7 Å². The number of nitrogens with zero attached hydrogens (tertiary/aromatic N) is 3. The zero-order chi connectivity index (χ0) is 15.4. The first-order valence-corrected chi connectivity index (χ1v) is 7.13. The van der Waals surface area contributed by atoms with Crippen molar-refractivity contribution in [1.82, 2.24) is 20.3 Å². The number of nitrogens with two attached hydrogens (primary N) is 1. The van der Waals surface area contributed by atoms with Crippen molar-refractivity contribution in [3.8, 4) is 0 Å². The second-order valence-corrected chi connectivity index (χ2v) is 4.98. The summed E-state index contributed by atoms with van der Waals surface area (Å²) in [5.74, 6) is -0.108. The number of para-hydroxylation sites is 1. The number of carbonyl (C=O) groups is 1. The van der Waals surface area contributed by atoms with Gasteiger partial charge in [0.25, 0.3) is 5.91 Å². The minimum atomic E-state index is -0.108. The van der Waals surface area contributed by atoms with E-state index in [2.05, 4.69) is 15.6 Å². The Hall–Kier alpha value is -2.73. The third kappa shape index (κ3) is 2.96. The van der Waals surface area contributed by atoms with Gasteiger partial charge in [0.2, 0.25) is 0 Å². The average molecular weight is 295 g/mol. The highest BCUT2D eigenvalue weighted by molar-refractivity contribution is 5.94. The van der Waals surface area contributed by atoms with Gasteiger partial charge in [-0.25, -0.2) is 4.68 Å². The van der Waals surface area contributed by atoms with Gasteiger partial charge in [0.1, 0.15) is 5.52 Å². The molecule has 0 spiro atoms. The van der Waals surface area contributed by atoms with Gasteiger partial charge in [-0.3, -0.25) is 4.79 Å². The standard InChI is InChI=1S/C16H17N5O/c17-9-10-18-16(22)13-7-5-12(6-8-13)11-21-15-4-2-1-3-14(15)19-20-21/h1-8H,9-11,17H2,(H,18,22). The molecule has 0 fully saturated rings. The molecule has 3 N–H and O–H groups in total. The van der Waals surface area contributed by atoms with Crippen LogP contribution in [0.15, 0.2) is 48.5 Å². The van der Waals surface area contributed by atoms with E-state index in [1.54, 1.807) is 12.1 Å². The predicted molar refractivity (Wildman–Crippen MR) is 84.5 cm³/mol. The molecule has 0 aliphatic rings. The summed E-state index contributed by atoms with van der Waals surface area (Å²) in [6.07, 6.45) is 0. The van der Waals surface area contributed by atoms with Gasteiger partial charge in [-0.1, -0.05) is 29.5 Å². The summed E-state index contributed by atoms with van der Waals surface area (Å²) in [5.41, 5.74) is 8.92. The quantitative estimate of drug-likeness (QED) is 0.740. The van der Waals surface area contributed by atoms with Crippen LogP contribution in [0.4, 0.5) is 0 Å². The zero-order valence-electron chi connectivity index (χ0n) is 12.1. The molecule has 0 bridgehead atoms. The summed E-state index contributed by atoms with van der Waals surface area (Å²) in [7, 11) is 0. The van der Waals surface area contributed by atoms with Crippen molar-refractivity contribution in [2.45, 2.75) is 6.54 Å². The molecule has 0 unspecified atom stereocenters. The van der Waals surface area contributed by atoms with Crippen LogP contribution in [-0.4, -0.2) is 34.0 Å². The number of amides is 1. The molecule has 6 heteroatoms. The van der Waals surface area contributed by atoms with Crippen LogP contribution in [-0.2, 0) is 6.54 Å². The Kier molecular flexibility index (Phi) is 4.11. The Morgan fingerprint density at radius 1 is 1.14 bits per heavy atom. The maximum Gasteiger partial charge on any atom is 0.251 e. The SMILES string of the molecule is NCCNC(=O)c1ccc(Cn2nnc3ccccc32)cc1. The van der Waals surface area contributed by atoms with Crippen LogP contribution in [0.3, 0.4) is 0 Å². The molecule has 0 saturated carbocycles. The summed E-state index contributed by atoms with van der Waals surface area (Å²) >= 11 is 0. The van der Waals surface area contributed by atoms with E-state index in [-0.39, 0.29) is 5.91 Å². The Bertz CT molecular complexity index is 779. The van der Waals surface area contributed by atoms with Gasteiger partial charge in [-0.2, -0.15) is 0 Å². The van der Waals surface area contributed by atoms with Gasteiger partial charge in [0.05, 0.1) is 12.1 Å². The summed E-state index contributed by atoms with van der Waals surface area (Å²) in [6, 6.07) is 15.3. The van der Waals surface area contributed by atoms with E-state index >= 15 is 0 Å². The van der Waals surface area contributed by atoms with E-state index in [0.717, 1.165) is 16.6 Å². The molecule has 1 aromatic heterocycles. The van der Waals surface area contributed by atoms with Crippen LogP contribution in [0.5, 0.6) is 0 Å². The van der Waals surface area contributed by atoms with Gasteiger partial charge in [0, 0.05) is 18.7 Å². The maximum absolute atomic E-state index is 11.8. The number of hydrogen-bond acceptors (Lipinski definition) is 4. The minimum Gasteiger partial charge on any atom is -0.351 e. The smallest absolute Gasteiger partial charge is 0.251 e. The van der Waals surface area contributed by atoms with Crippen LogP contribution < -0.4 is 11.1 Å². The maximum atomic E-state index is 11.8. The van der Waals surface area contributed by atoms with Gasteiger partial charge in [-0.05, 0) is 29.8 Å². The highest BCUT2D eigenvalue weighted by Gasteiger charge is 2.06. The lowest BCUT2D eigenvalue weighted by Gasteiger charge is -2.06. The molecule has 3 rings (SSSR count). The summed E-state index contributed by atoms with van der Waals surface area (Å²) < 4.78 is 1.85. The molecule has 0 aliphatic carbocycles. The topological polar surface area (TPSA) is 85.8 Å². The van der Waals surface area contributed by atoms with E-state index in [0.29, 0.717) is 25.2 Å². The first kappa shape index (κ1) is 14.2. The summed E-state index contributed by atoms with van der Waals surface area (Å²) in [5, 5.41) is 11.0. The fourth-order valence-electron chi connectivity index (χ4n) is 2.26. The van der Waals surface area contributed by atoms with Crippen molar-refractivity contribution < 1.29 is 4.79 Å². The van der Waals surface area contributed by atoms with Crippen molar-refractivity contribution in [3.63, 3.8) is 0 Å². The predicted octanol–water partition coefficient (Wildman–Crippen LogP) is 1.17. The Morgan fingerprint density at radius 3 is 2.68 bits per heavy atom. The number of fused-ring (bicyclic) bond motifs is 1. The molecule has 22 heavy (non-hydrogen) atoms. The highest BCUT2D eigenvalue weighted by atomic mass is 16.1. The fraction of sp³-hybridized carbons (Fsp3) is 0.188. The molecule has 0 aliphatic heterocycles. The number of hydrogen-bond donors (Lipinski definition) is 2. The lowest BCUT2D eigenvalue weighted by molar-refractivity contribution is 0.0955. The Balaban J connectivity index is 1.75. The fourth-order valence-corrected chi connectivity index (χ4v) is 2.26. The molecule has 0 radical (unpaired) electrons. The van der Waals surface area contributed by atoms with Crippen LogP contribution >= 0.6 is 0 Å². The first-order valence-electron chi connectivity index (χ1n) is 7.13. The molecule has 1 heterocycles. The van der Waals surface area contributed by atoms with Gasteiger partial charge in [-0.15, -0.1) is 5.10 Å². The summed E-state index contributed by atoms with van der Waals surface area (Å²) in [6.45, 7) is 1.53. The van der Waals surface area contributed by atoms with Crippen LogP contribution in [0.2, 0.25) is 0 Å². The molecule has 0 saturated heterocycles. The molecular weight excluding hydrogens is 278 g/mol. The lowest BCUT2D eigenvalue weighted by atomic mass is 10.1. The van der Waals surface area contributed by atoms with Crippen LogP contribution in [0, 0.1) is 0 Å². The second kappa shape index (κ2) is 6.36. The van der Waals surface area contributed by atoms with Gasteiger partial charge < -0.3 is 11.1 Å². The molecule has 1 amide bonds. The summed E-state index contributed by atoms with van der Waals surface area (Å²) in [4.78, 5) is 11.8. The molecule has 3 aromatic rings. The largest absolute Gasteiger partial charge is 0.351 e. The average Bonchev–Trinajstić information content (AvgIpc) is 2.96. The van der Waals surface area contributed by atoms with Crippen molar-refractivity contribution in [2.75, 3.05) is 13.1 Å². The molecule has 112 valence electrons. The van der Waals surface area contributed by atoms with Gasteiger partial charge in [0.15, 0.2) is 0 Å². The van der Waals surface area contributed by atoms with E-state index < -0.39 is 0 Å². The monoisotopic (exact) mass is 295 g/mol. The van der Waals surface area contributed by atoms with Crippen LogP contribution in [0.25, 0.3) is 11.0 Å². The van der Waals surface area contributed by atoms with Crippen molar-refractivity contribution in [2.24, 2.45) is 5.73 Å². The van der Waals surface area contributed by atoms with E-state index in [9.17, 15) is 4.79 Å². The van der Waals surface area contributed by atoms with E-state index in [1.807, 2.05) is 41.1 Å². The third-order valence-electron chi connectivity index (χ3n) is 3.40. The first-order chi connectivity index (χ1) is 10.8. The number of rotatable bonds is 5. The molecule has 2 aromatic carbocycles. The number of nitrogens with one attached hydrogen (secondary N) is 1. The molecular formula is C16H17N5O. The zero-order valence-corrected chi connectivity index (χ0v) is 12.1. The second-order valence-electron chi connectivity index (χ2n) is 4.98. The normalized spacial score (nSPS) is 10.8. The van der Waals surface area contributed by atoms with Crippen LogP contribution in [0.1, 0.15) is 15.9 Å². The number of aromatic nitrogens is 3. The van der Waals surface area contributed by atoms with E-state index in [1.165, 1.54) is 0 Å². The lowest BCUT2D eigenvalue weighted by Crippen LogP contribution is -2.28. The Morgan fingerprint density at radius 2 is 1.91 bits per heavy atom. The third-order valence-corrected chi connectivity index (χ3v) is 3.40. The highest BCUT2D eigenvalue weighted by Crippen LogP contribution is 2.12. The Labute approximate surface area is 127 Å².